The van der Waals surface area contributed by atoms with Crippen LogP contribution < -0.4 is 0 Å². The molecule has 0 amide bonds. The average Bonchev–Trinajstić information content (AvgIpc) is 3.10. The lowest BCUT2D eigenvalue weighted by Gasteiger charge is -2.04. The Hall–Kier alpha value is -4.12. The van der Waals surface area contributed by atoms with Crippen LogP contribution >= 0.6 is 0 Å². The van der Waals surface area contributed by atoms with Crippen molar-refractivity contribution in [1.82, 2.24) is 9.38 Å². The first-order chi connectivity index (χ1) is 15.2. The summed E-state index contributed by atoms with van der Waals surface area (Å²) in [5.41, 5.74) is 1.74. The van der Waals surface area contributed by atoms with Crippen LogP contribution in [0, 0.1) is 27.2 Å². The average molecular weight is 452 g/mol. The van der Waals surface area contributed by atoms with Crippen LogP contribution in [0.3, 0.4) is 0 Å². The first-order valence-corrected chi connectivity index (χ1v) is 11.0. The summed E-state index contributed by atoms with van der Waals surface area (Å²) in [6, 6.07) is 15.2. The third-order valence-electron chi connectivity index (χ3n) is 4.93. The Labute approximate surface area is 182 Å². The Balaban J connectivity index is 1.81. The van der Waals surface area contributed by atoms with Gasteiger partial charge in [-0.25, -0.2) is 13.4 Å². The number of hydrogen-bond donors (Lipinski definition) is 0. The van der Waals surface area contributed by atoms with Crippen LogP contribution in [0.4, 0.5) is 11.5 Å². The van der Waals surface area contributed by atoms with Crippen LogP contribution in [0.25, 0.3) is 16.8 Å². The molecule has 0 aliphatic carbocycles. The quantitative estimate of drug-likeness (QED) is 0.317. The van der Waals surface area contributed by atoms with Crippen molar-refractivity contribution in [3.63, 3.8) is 0 Å². The molecule has 0 atom stereocenters. The fourth-order valence-electron chi connectivity index (χ4n) is 3.35. The van der Waals surface area contributed by atoms with Gasteiger partial charge >= 0.3 is 5.82 Å². The van der Waals surface area contributed by atoms with E-state index in [-0.39, 0.29) is 21.9 Å². The van der Waals surface area contributed by atoms with Crippen LogP contribution in [0.5, 0.6) is 0 Å². The summed E-state index contributed by atoms with van der Waals surface area (Å²) in [4.78, 5) is 25.9. The summed E-state index contributed by atoms with van der Waals surface area (Å²) in [5, 5.41) is 22.9. The third-order valence-corrected chi connectivity index (χ3v) is 6.58. The van der Waals surface area contributed by atoms with E-state index in [1.807, 2.05) is 6.92 Å². The zero-order chi connectivity index (χ0) is 23.0. The van der Waals surface area contributed by atoms with Crippen LogP contribution in [0.2, 0.25) is 0 Å². The van der Waals surface area contributed by atoms with Gasteiger partial charge in [-0.05, 0) is 35.6 Å². The molecule has 0 saturated heterocycles. The van der Waals surface area contributed by atoms with Crippen molar-refractivity contribution in [3.8, 4) is 11.1 Å². The van der Waals surface area contributed by atoms with E-state index >= 15 is 0 Å². The van der Waals surface area contributed by atoms with Gasteiger partial charge in [0.2, 0.25) is 5.65 Å². The Morgan fingerprint density at radius 3 is 2.31 bits per heavy atom. The molecule has 4 aromatic rings. The second-order valence-corrected chi connectivity index (χ2v) is 9.15. The lowest BCUT2D eigenvalue weighted by molar-refractivity contribution is -0.391. The highest BCUT2D eigenvalue weighted by Gasteiger charge is 2.28. The summed E-state index contributed by atoms with van der Waals surface area (Å²) in [7, 11) is -3.87. The first kappa shape index (κ1) is 21.1. The number of hydrogen-bond acceptors (Lipinski definition) is 7. The van der Waals surface area contributed by atoms with Gasteiger partial charge in [-0.15, -0.1) is 0 Å². The van der Waals surface area contributed by atoms with E-state index in [1.54, 1.807) is 24.3 Å². The molecule has 10 nitrogen and oxygen atoms in total. The number of sulfone groups is 1. The molecule has 32 heavy (non-hydrogen) atoms. The van der Waals surface area contributed by atoms with E-state index < -0.39 is 31.3 Å². The van der Waals surface area contributed by atoms with Crippen molar-refractivity contribution in [1.29, 1.82) is 0 Å². The third kappa shape index (κ3) is 3.93. The van der Waals surface area contributed by atoms with Crippen molar-refractivity contribution in [2.24, 2.45) is 0 Å². The van der Waals surface area contributed by atoms with E-state index in [0.717, 1.165) is 5.56 Å². The molecule has 0 N–H and O–H groups in total. The van der Waals surface area contributed by atoms with Gasteiger partial charge in [-0.3, -0.25) is 10.1 Å². The maximum absolute atomic E-state index is 12.8. The zero-order valence-electron chi connectivity index (χ0n) is 16.7. The minimum atomic E-state index is -3.87. The van der Waals surface area contributed by atoms with E-state index in [9.17, 15) is 28.6 Å². The number of fused-ring (bicyclic) bond motifs is 1. The number of benzene rings is 2. The van der Waals surface area contributed by atoms with Crippen LogP contribution in [0.15, 0.2) is 71.8 Å². The van der Waals surface area contributed by atoms with Gasteiger partial charge in [0.1, 0.15) is 11.9 Å². The Bertz CT molecular complexity index is 1480. The SMILES string of the molecule is Cc1ccc(S(=O)(=O)Cc2nc3ccc(-c4cccc([N+](=O)[O-])c4)cn3c2[N+](=O)[O-])cc1. The molecule has 0 aliphatic rings. The van der Waals surface area contributed by atoms with Crippen molar-refractivity contribution >= 4 is 27.0 Å². The number of imidazole rings is 1. The van der Waals surface area contributed by atoms with E-state index in [2.05, 4.69) is 4.98 Å². The molecule has 0 saturated carbocycles. The maximum atomic E-state index is 12.8. The fourth-order valence-corrected chi connectivity index (χ4v) is 4.62. The molecule has 4 rings (SSSR count). The summed E-state index contributed by atoms with van der Waals surface area (Å²) in [5.74, 6) is -1.11. The predicted octanol–water partition coefficient (Wildman–Crippen LogP) is 4.10. The number of non-ortho nitro benzene ring substituents is 1. The van der Waals surface area contributed by atoms with E-state index in [0.29, 0.717) is 11.1 Å². The van der Waals surface area contributed by atoms with Gasteiger partial charge in [-0.1, -0.05) is 29.8 Å². The number of aromatic nitrogens is 2. The lowest BCUT2D eigenvalue weighted by atomic mass is 10.1. The summed E-state index contributed by atoms with van der Waals surface area (Å²) >= 11 is 0. The molecular weight excluding hydrogens is 436 g/mol. The van der Waals surface area contributed by atoms with Gasteiger partial charge in [-0.2, -0.15) is 4.40 Å². The van der Waals surface area contributed by atoms with Crippen LogP contribution in [-0.4, -0.2) is 27.6 Å². The van der Waals surface area contributed by atoms with Crippen molar-refractivity contribution in [2.75, 3.05) is 0 Å². The smallest absolute Gasteiger partial charge is 0.352 e. The number of nitro groups is 2. The second-order valence-electron chi connectivity index (χ2n) is 7.16. The molecule has 162 valence electrons. The van der Waals surface area contributed by atoms with E-state index in [4.69, 9.17) is 0 Å². The minimum Gasteiger partial charge on any atom is -0.358 e. The molecule has 2 aromatic carbocycles. The van der Waals surface area contributed by atoms with Gasteiger partial charge in [0.05, 0.1) is 9.82 Å². The highest BCUT2D eigenvalue weighted by atomic mass is 32.2. The van der Waals surface area contributed by atoms with Gasteiger partial charge in [0, 0.05) is 23.8 Å². The fraction of sp³-hybridized carbons (Fsp3) is 0.0952. The molecule has 0 unspecified atom stereocenters. The maximum Gasteiger partial charge on any atom is 0.352 e. The second kappa shape index (κ2) is 7.85. The van der Waals surface area contributed by atoms with Crippen LogP contribution in [0.1, 0.15) is 11.3 Å². The highest BCUT2D eigenvalue weighted by Crippen LogP contribution is 2.29. The van der Waals surface area contributed by atoms with Crippen molar-refractivity contribution < 1.29 is 18.3 Å². The molecule has 0 fully saturated rings. The molecule has 2 aromatic heterocycles. The Morgan fingerprint density at radius 1 is 0.938 bits per heavy atom. The zero-order valence-corrected chi connectivity index (χ0v) is 17.5. The normalized spacial score (nSPS) is 11.5. The van der Waals surface area contributed by atoms with Gasteiger partial charge < -0.3 is 10.1 Å². The number of rotatable bonds is 6. The predicted molar refractivity (Wildman–Crippen MR) is 116 cm³/mol. The molecule has 11 heteroatoms. The number of pyridine rings is 1. The molecule has 0 bridgehead atoms. The standard InChI is InChI=1S/C21H16N4O6S/c1-14-5-8-18(9-6-14)32(30,31)13-19-21(25(28)29)23-12-16(7-10-20(23)22-19)15-3-2-4-17(11-15)24(26)27/h2-12H,13H2,1H3. The van der Waals surface area contributed by atoms with Crippen molar-refractivity contribution in [2.45, 2.75) is 17.6 Å². The Kier molecular flexibility index (Phi) is 5.18. The van der Waals surface area contributed by atoms with Crippen molar-refractivity contribution in [3.05, 3.63) is 98.3 Å². The van der Waals surface area contributed by atoms with Gasteiger partial charge in [0.25, 0.3) is 5.69 Å². The van der Waals surface area contributed by atoms with Gasteiger partial charge in [0.15, 0.2) is 15.5 Å². The largest absolute Gasteiger partial charge is 0.358 e. The highest BCUT2D eigenvalue weighted by molar-refractivity contribution is 7.90. The number of aryl methyl sites for hydroxylation is 1. The summed E-state index contributed by atoms with van der Waals surface area (Å²) < 4.78 is 26.8. The number of nitro benzene ring substituents is 1. The van der Waals surface area contributed by atoms with Crippen LogP contribution in [-0.2, 0) is 15.6 Å². The monoisotopic (exact) mass is 452 g/mol. The molecule has 2 heterocycles. The topological polar surface area (TPSA) is 138 Å². The number of nitrogens with zero attached hydrogens (tertiary/aromatic N) is 4. The molecule has 0 radical (unpaired) electrons. The Morgan fingerprint density at radius 2 is 1.66 bits per heavy atom. The first-order valence-electron chi connectivity index (χ1n) is 9.35. The lowest BCUT2D eigenvalue weighted by Crippen LogP contribution is -2.07. The molecule has 0 aliphatic heterocycles. The summed E-state index contributed by atoms with van der Waals surface area (Å²) in [6.45, 7) is 1.82. The summed E-state index contributed by atoms with van der Waals surface area (Å²) in [6.07, 6.45) is 1.42. The van der Waals surface area contributed by atoms with E-state index in [1.165, 1.54) is 47.0 Å². The minimum absolute atomic E-state index is 0.0479. The molecular formula is C21H16N4O6S. The molecule has 0 spiro atoms.